The minimum atomic E-state index is -6.00. The molecule has 0 nitrogen and oxygen atoms in total. The van der Waals surface area contributed by atoms with E-state index in [4.69, 9.17) is 0 Å². The number of allylic oxidation sites excluding steroid dienone is 4. The van der Waals surface area contributed by atoms with E-state index in [9.17, 15) is 17.3 Å². The van der Waals surface area contributed by atoms with Gasteiger partial charge in [-0.2, -0.15) is 6.08 Å². The Hall–Kier alpha value is -0.996. The summed E-state index contributed by atoms with van der Waals surface area (Å²) in [7, 11) is -6.00. The Morgan fingerprint density at radius 3 is 1.72 bits per heavy atom. The van der Waals surface area contributed by atoms with Crippen molar-refractivity contribution >= 4 is 7.25 Å². The summed E-state index contributed by atoms with van der Waals surface area (Å²) in [6.07, 6.45) is 10.0. The molecule has 6 heteroatoms. The van der Waals surface area contributed by atoms with Crippen LogP contribution in [0.5, 0.6) is 0 Å². The summed E-state index contributed by atoms with van der Waals surface area (Å²) in [4.78, 5) is 0. The van der Waals surface area contributed by atoms with Gasteiger partial charge in [0.05, 0.1) is 0 Å². The molecule has 18 heavy (non-hydrogen) atoms. The summed E-state index contributed by atoms with van der Waals surface area (Å²) in [6, 6.07) is 10.3. The molecule has 1 aliphatic carbocycles. The van der Waals surface area contributed by atoms with Gasteiger partial charge < -0.3 is 17.3 Å². The van der Waals surface area contributed by atoms with Gasteiger partial charge >= 0.3 is 7.25 Å². The zero-order valence-electron chi connectivity index (χ0n) is 9.77. The normalized spacial score (nSPS) is 11.6. The Kier molecular flexibility index (Phi) is 11.9. The van der Waals surface area contributed by atoms with Crippen LogP contribution in [0.1, 0.15) is 12.0 Å². The molecule has 102 valence electrons. The van der Waals surface area contributed by atoms with E-state index in [0.717, 1.165) is 6.42 Å². The quantitative estimate of drug-likeness (QED) is 0.373. The Morgan fingerprint density at radius 2 is 1.56 bits per heavy atom. The van der Waals surface area contributed by atoms with Crippen LogP contribution in [0.4, 0.5) is 17.3 Å². The van der Waals surface area contributed by atoms with Gasteiger partial charge in [-0.1, -0.05) is 35.9 Å². The van der Waals surface area contributed by atoms with Crippen molar-refractivity contribution in [3.05, 3.63) is 60.2 Å². The maximum Gasteiger partial charge on any atom is 0.673 e. The second-order valence-electron chi connectivity index (χ2n) is 3.15. The van der Waals surface area contributed by atoms with Crippen LogP contribution in [0.3, 0.4) is 0 Å². The van der Waals surface area contributed by atoms with Crippen molar-refractivity contribution in [1.29, 1.82) is 0 Å². The summed E-state index contributed by atoms with van der Waals surface area (Å²) in [5, 5.41) is 0. The second-order valence-corrected chi connectivity index (χ2v) is 3.15. The van der Waals surface area contributed by atoms with E-state index >= 15 is 0 Å². The molecule has 0 atom stereocenters. The van der Waals surface area contributed by atoms with Crippen molar-refractivity contribution in [2.24, 2.45) is 0 Å². The van der Waals surface area contributed by atoms with Crippen LogP contribution in [0.25, 0.3) is 0 Å². The molecule has 0 heterocycles. The van der Waals surface area contributed by atoms with E-state index in [1.165, 1.54) is 5.56 Å². The zero-order valence-corrected chi connectivity index (χ0v) is 10.9. The molecule has 1 aliphatic rings. The number of aryl methyl sites for hydroxylation is 1. The summed E-state index contributed by atoms with van der Waals surface area (Å²) in [5.41, 5.74) is 1.32. The van der Waals surface area contributed by atoms with Gasteiger partial charge in [-0.15, -0.1) is 6.42 Å². The largest absolute Gasteiger partial charge is 0.673 e. The summed E-state index contributed by atoms with van der Waals surface area (Å²) in [6.45, 7) is 2.08. The van der Waals surface area contributed by atoms with Crippen LogP contribution in [0.2, 0.25) is 0 Å². The number of hydrogen-bond acceptors (Lipinski definition) is 0. The first-order valence-electron chi connectivity index (χ1n) is 5.00. The first kappa shape index (κ1) is 19.3. The Labute approximate surface area is 115 Å². The molecule has 0 bridgehead atoms. The molecule has 0 saturated carbocycles. The van der Waals surface area contributed by atoms with Gasteiger partial charge in [0.25, 0.3) is 0 Å². The van der Waals surface area contributed by atoms with Gasteiger partial charge in [0, 0.05) is 17.1 Å². The third-order valence-electron chi connectivity index (χ3n) is 1.53. The minimum absolute atomic E-state index is 0. The molecule has 0 unspecified atom stereocenters. The Morgan fingerprint density at radius 1 is 1.06 bits per heavy atom. The van der Waals surface area contributed by atoms with Crippen molar-refractivity contribution in [3.8, 4) is 0 Å². The van der Waals surface area contributed by atoms with Gasteiger partial charge in [-0.05, 0) is 6.92 Å². The number of halogens is 4. The third-order valence-corrected chi connectivity index (χ3v) is 1.53. The second kappa shape index (κ2) is 11.1. The van der Waals surface area contributed by atoms with Crippen molar-refractivity contribution in [1.82, 2.24) is 0 Å². The van der Waals surface area contributed by atoms with Crippen LogP contribution in [-0.2, 0) is 17.1 Å². The summed E-state index contributed by atoms with van der Waals surface area (Å²) < 4.78 is 39.0. The van der Waals surface area contributed by atoms with E-state index in [1.807, 2.05) is 30.4 Å². The standard InChI is InChI=1S/C7H8.C5H5.BF4.Fe/c1-7-5-3-2-4-6-7;1-2-4-5-3-1;2-1(3,4)5;/h2-6H,1H3;1-3H,4H2;;/q;2*-1;. The minimum Gasteiger partial charge on any atom is -0.418 e. The fourth-order valence-electron chi connectivity index (χ4n) is 0.875. The average Bonchev–Trinajstić information content (AvgIpc) is 2.73. The first-order chi connectivity index (χ1) is 7.89. The first-order valence-corrected chi connectivity index (χ1v) is 5.00. The smallest absolute Gasteiger partial charge is 0.418 e. The number of rotatable bonds is 0. The SMILES string of the molecule is Cc1ccccc1.F[B-](F)(F)F.[C-]1=CC=CC1.[Fe]. The predicted molar refractivity (Wildman–Crippen MR) is 62.9 cm³/mol. The van der Waals surface area contributed by atoms with E-state index in [-0.39, 0.29) is 17.1 Å². The molecule has 0 aromatic heterocycles. The third kappa shape index (κ3) is 20.4. The molecule has 1 aromatic rings. The van der Waals surface area contributed by atoms with Crippen molar-refractivity contribution in [2.45, 2.75) is 13.3 Å². The topological polar surface area (TPSA) is 0 Å². The molecule has 0 spiro atoms. The maximum absolute atomic E-state index is 9.75. The predicted octanol–water partition coefficient (Wildman–Crippen LogP) is 4.60. The van der Waals surface area contributed by atoms with E-state index in [1.54, 1.807) is 0 Å². The Balaban J connectivity index is 0. The van der Waals surface area contributed by atoms with E-state index in [0.29, 0.717) is 0 Å². The molecular weight excluding hydrogens is 287 g/mol. The van der Waals surface area contributed by atoms with Crippen LogP contribution < -0.4 is 0 Å². The van der Waals surface area contributed by atoms with Gasteiger partial charge in [0.15, 0.2) is 0 Å². The fourth-order valence-corrected chi connectivity index (χ4v) is 0.875. The van der Waals surface area contributed by atoms with Crippen LogP contribution >= 0.6 is 0 Å². The van der Waals surface area contributed by atoms with Crippen LogP contribution in [-0.4, -0.2) is 7.25 Å². The summed E-state index contributed by atoms with van der Waals surface area (Å²) >= 11 is 0. The monoisotopic (exact) mass is 300 g/mol. The number of benzene rings is 1. The molecule has 0 saturated heterocycles. The maximum atomic E-state index is 9.75. The Bertz CT molecular complexity index is 331. The average molecular weight is 300 g/mol. The van der Waals surface area contributed by atoms with Crippen molar-refractivity contribution in [3.63, 3.8) is 0 Å². The molecule has 0 aliphatic heterocycles. The fraction of sp³-hybridized carbons (Fsp3) is 0.167. The molecular formula is C12H13BF4Fe-2. The molecule has 0 N–H and O–H groups in total. The van der Waals surface area contributed by atoms with Crippen molar-refractivity contribution < 1.29 is 34.3 Å². The van der Waals surface area contributed by atoms with Gasteiger partial charge in [-0.3, -0.25) is 6.08 Å². The molecule has 2 rings (SSSR count). The van der Waals surface area contributed by atoms with Gasteiger partial charge in [0.1, 0.15) is 0 Å². The van der Waals surface area contributed by atoms with Gasteiger partial charge in [-0.25, -0.2) is 12.2 Å². The van der Waals surface area contributed by atoms with Gasteiger partial charge in [0.2, 0.25) is 0 Å². The molecule has 0 fully saturated rings. The van der Waals surface area contributed by atoms with E-state index in [2.05, 4.69) is 31.2 Å². The zero-order chi connectivity index (χ0) is 13.1. The van der Waals surface area contributed by atoms with Crippen molar-refractivity contribution in [2.75, 3.05) is 0 Å². The molecule has 1 aromatic carbocycles. The summed E-state index contributed by atoms with van der Waals surface area (Å²) in [5.74, 6) is 0. The molecule has 0 radical (unpaired) electrons. The molecule has 0 amide bonds. The van der Waals surface area contributed by atoms with E-state index < -0.39 is 7.25 Å². The van der Waals surface area contributed by atoms with Crippen LogP contribution in [0.15, 0.2) is 48.6 Å². The number of hydrogen-bond donors (Lipinski definition) is 0. The van der Waals surface area contributed by atoms with Crippen LogP contribution in [0, 0.1) is 13.0 Å².